The van der Waals surface area contributed by atoms with Crippen LogP contribution in [-0.4, -0.2) is 25.4 Å². The van der Waals surface area contributed by atoms with Gasteiger partial charge in [0.05, 0.1) is 12.8 Å². The summed E-state index contributed by atoms with van der Waals surface area (Å²) in [5.41, 5.74) is 7.36. The SMILES string of the molecule is CCC(=O)c1ccc(OCC(=O)Nc2ccc(OC)cc2)c(N)c1. The second-order valence-corrected chi connectivity index (χ2v) is 5.09. The number of hydrogen-bond donors (Lipinski definition) is 2. The van der Waals surface area contributed by atoms with E-state index in [0.717, 1.165) is 0 Å². The molecule has 0 atom stereocenters. The second-order valence-electron chi connectivity index (χ2n) is 5.09. The molecule has 126 valence electrons. The minimum atomic E-state index is -0.312. The lowest BCUT2D eigenvalue weighted by Crippen LogP contribution is -2.20. The van der Waals surface area contributed by atoms with Crippen molar-refractivity contribution in [3.63, 3.8) is 0 Å². The third kappa shape index (κ3) is 4.49. The van der Waals surface area contributed by atoms with Crippen molar-refractivity contribution in [3.05, 3.63) is 48.0 Å². The summed E-state index contributed by atoms with van der Waals surface area (Å²) in [6.07, 6.45) is 0.407. The minimum Gasteiger partial charge on any atom is -0.497 e. The van der Waals surface area contributed by atoms with Crippen LogP contribution in [0.2, 0.25) is 0 Å². The molecule has 0 saturated carbocycles. The van der Waals surface area contributed by atoms with E-state index >= 15 is 0 Å². The van der Waals surface area contributed by atoms with E-state index in [1.807, 2.05) is 0 Å². The lowest BCUT2D eigenvalue weighted by atomic mass is 10.1. The monoisotopic (exact) mass is 328 g/mol. The number of nitrogens with two attached hydrogens (primary N) is 1. The van der Waals surface area contributed by atoms with Crippen LogP contribution in [0.25, 0.3) is 0 Å². The van der Waals surface area contributed by atoms with E-state index in [1.54, 1.807) is 56.5 Å². The average Bonchev–Trinajstić information content (AvgIpc) is 2.60. The summed E-state index contributed by atoms with van der Waals surface area (Å²) in [6.45, 7) is 1.60. The Morgan fingerprint density at radius 3 is 2.42 bits per heavy atom. The van der Waals surface area contributed by atoms with Gasteiger partial charge in [-0.3, -0.25) is 9.59 Å². The molecule has 2 rings (SSSR count). The largest absolute Gasteiger partial charge is 0.497 e. The smallest absolute Gasteiger partial charge is 0.262 e. The summed E-state index contributed by atoms with van der Waals surface area (Å²) in [5, 5.41) is 2.71. The number of amides is 1. The number of rotatable bonds is 7. The first-order valence-corrected chi connectivity index (χ1v) is 7.53. The van der Waals surface area contributed by atoms with Crippen LogP contribution in [0.15, 0.2) is 42.5 Å². The van der Waals surface area contributed by atoms with Crippen LogP contribution in [0.5, 0.6) is 11.5 Å². The lowest BCUT2D eigenvalue weighted by molar-refractivity contribution is -0.118. The van der Waals surface area contributed by atoms with Crippen molar-refractivity contribution >= 4 is 23.1 Å². The van der Waals surface area contributed by atoms with Crippen molar-refractivity contribution in [3.8, 4) is 11.5 Å². The molecular weight excluding hydrogens is 308 g/mol. The molecule has 1 amide bonds. The van der Waals surface area contributed by atoms with E-state index in [9.17, 15) is 9.59 Å². The highest BCUT2D eigenvalue weighted by molar-refractivity contribution is 5.97. The van der Waals surface area contributed by atoms with Gasteiger partial charge in [0.15, 0.2) is 12.4 Å². The van der Waals surface area contributed by atoms with Crippen LogP contribution in [-0.2, 0) is 4.79 Å². The Hall–Kier alpha value is -3.02. The van der Waals surface area contributed by atoms with Gasteiger partial charge in [-0.05, 0) is 42.5 Å². The fourth-order valence-corrected chi connectivity index (χ4v) is 2.07. The van der Waals surface area contributed by atoms with Crippen molar-refractivity contribution < 1.29 is 19.1 Å². The average molecular weight is 328 g/mol. The number of nitrogens with one attached hydrogen (secondary N) is 1. The first-order chi connectivity index (χ1) is 11.5. The Morgan fingerprint density at radius 1 is 1.12 bits per heavy atom. The summed E-state index contributed by atoms with van der Waals surface area (Å²) in [4.78, 5) is 23.5. The van der Waals surface area contributed by atoms with Crippen molar-refractivity contribution in [2.24, 2.45) is 0 Å². The van der Waals surface area contributed by atoms with Crippen LogP contribution < -0.4 is 20.5 Å². The number of ketones is 1. The van der Waals surface area contributed by atoms with Crippen molar-refractivity contribution in [2.75, 3.05) is 24.8 Å². The molecule has 0 fully saturated rings. The van der Waals surface area contributed by atoms with Gasteiger partial charge in [0.2, 0.25) is 0 Å². The molecule has 3 N–H and O–H groups in total. The molecule has 0 aliphatic heterocycles. The quantitative estimate of drug-likeness (QED) is 0.602. The summed E-state index contributed by atoms with van der Waals surface area (Å²) in [5.74, 6) is 0.769. The molecule has 6 nitrogen and oxygen atoms in total. The summed E-state index contributed by atoms with van der Waals surface area (Å²) in [7, 11) is 1.57. The van der Waals surface area contributed by atoms with Gasteiger partial charge in [-0.2, -0.15) is 0 Å². The summed E-state index contributed by atoms with van der Waals surface area (Å²) >= 11 is 0. The van der Waals surface area contributed by atoms with Gasteiger partial charge in [0.1, 0.15) is 11.5 Å². The molecular formula is C18H20N2O4. The molecule has 2 aromatic carbocycles. The molecule has 0 aliphatic carbocycles. The highest BCUT2D eigenvalue weighted by Gasteiger charge is 2.09. The number of carbonyl (C=O) groups is 2. The standard InChI is InChI=1S/C18H20N2O4/c1-3-16(21)12-4-9-17(15(19)10-12)24-11-18(22)20-13-5-7-14(23-2)8-6-13/h4-10H,3,11,19H2,1-2H3,(H,20,22). The zero-order valence-electron chi connectivity index (χ0n) is 13.7. The Kier molecular flexibility index (Phi) is 5.78. The predicted octanol–water partition coefficient (Wildman–Crippen LogP) is 2.89. The van der Waals surface area contributed by atoms with E-state index in [2.05, 4.69) is 5.32 Å². The lowest BCUT2D eigenvalue weighted by Gasteiger charge is -2.10. The maximum absolute atomic E-state index is 11.9. The number of hydrogen-bond acceptors (Lipinski definition) is 5. The molecule has 0 bridgehead atoms. The fraction of sp³-hybridized carbons (Fsp3) is 0.222. The van der Waals surface area contributed by atoms with Gasteiger partial charge in [0, 0.05) is 17.7 Å². The maximum atomic E-state index is 11.9. The highest BCUT2D eigenvalue weighted by Crippen LogP contribution is 2.23. The maximum Gasteiger partial charge on any atom is 0.262 e. The van der Waals surface area contributed by atoms with Crippen LogP contribution in [0, 0.1) is 0 Å². The van der Waals surface area contributed by atoms with Gasteiger partial charge < -0.3 is 20.5 Å². The molecule has 6 heteroatoms. The van der Waals surface area contributed by atoms with E-state index in [1.165, 1.54) is 0 Å². The number of nitrogen functional groups attached to an aromatic ring is 1. The number of carbonyl (C=O) groups excluding carboxylic acids is 2. The Labute approximate surface area is 140 Å². The number of ether oxygens (including phenoxy) is 2. The Balaban J connectivity index is 1.92. The first-order valence-electron chi connectivity index (χ1n) is 7.53. The third-order valence-corrected chi connectivity index (χ3v) is 3.39. The van der Waals surface area contributed by atoms with Crippen molar-refractivity contribution in [2.45, 2.75) is 13.3 Å². The molecule has 24 heavy (non-hydrogen) atoms. The molecule has 0 aliphatic rings. The molecule has 0 spiro atoms. The van der Waals surface area contributed by atoms with Crippen LogP contribution >= 0.6 is 0 Å². The van der Waals surface area contributed by atoms with Gasteiger partial charge in [-0.25, -0.2) is 0 Å². The van der Waals surface area contributed by atoms with E-state index < -0.39 is 0 Å². The van der Waals surface area contributed by atoms with Crippen molar-refractivity contribution in [1.29, 1.82) is 0 Å². The van der Waals surface area contributed by atoms with Crippen LogP contribution in [0.4, 0.5) is 11.4 Å². The van der Waals surface area contributed by atoms with Crippen molar-refractivity contribution in [1.82, 2.24) is 0 Å². The van der Waals surface area contributed by atoms with Gasteiger partial charge in [-0.1, -0.05) is 6.92 Å². The van der Waals surface area contributed by atoms with Gasteiger partial charge in [0.25, 0.3) is 5.91 Å². The summed E-state index contributed by atoms with van der Waals surface area (Å²) < 4.78 is 10.5. The highest BCUT2D eigenvalue weighted by atomic mass is 16.5. The topological polar surface area (TPSA) is 90.7 Å². The normalized spacial score (nSPS) is 10.1. The molecule has 0 saturated heterocycles. The fourth-order valence-electron chi connectivity index (χ4n) is 2.07. The molecule has 0 aromatic heterocycles. The van der Waals surface area contributed by atoms with E-state index in [0.29, 0.717) is 34.9 Å². The number of methoxy groups -OCH3 is 1. The first kappa shape index (κ1) is 17.3. The Morgan fingerprint density at radius 2 is 1.83 bits per heavy atom. The van der Waals surface area contributed by atoms with Gasteiger partial charge in [-0.15, -0.1) is 0 Å². The minimum absolute atomic E-state index is 0.00509. The summed E-state index contributed by atoms with van der Waals surface area (Å²) in [6, 6.07) is 11.8. The van der Waals surface area contributed by atoms with Crippen LogP contribution in [0.1, 0.15) is 23.7 Å². The molecule has 0 radical (unpaired) electrons. The van der Waals surface area contributed by atoms with E-state index in [-0.39, 0.29) is 18.3 Å². The van der Waals surface area contributed by atoms with Crippen LogP contribution in [0.3, 0.4) is 0 Å². The predicted molar refractivity (Wildman–Crippen MR) is 92.6 cm³/mol. The van der Waals surface area contributed by atoms with Gasteiger partial charge >= 0.3 is 0 Å². The third-order valence-electron chi connectivity index (χ3n) is 3.39. The molecule has 0 heterocycles. The molecule has 2 aromatic rings. The number of Topliss-reactive ketones (excluding diaryl/α,β-unsaturated/α-hetero) is 1. The number of benzene rings is 2. The number of anilines is 2. The Bertz CT molecular complexity index is 726. The molecule has 0 unspecified atom stereocenters. The second kappa shape index (κ2) is 8.01. The zero-order chi connectivity index (χ0) is 17.5. The van der Waals surface area contributed by atoms with E-state index in [4.69, 9.17) is 15.2 Å². The zero-order valence-corrected chi connectivity index (χ0v) is 13.7.